The predicted octanol–water partition coefficient (Wildman–Crippen LogP) is 0.672. The number of carboxylic acid groups (broad SMARTS) is 1. The van der Waals surface area contributed by atoms with E-state index in [1.54, 1.807) is 7.05 Å². The monoisotopic (exact) mass is 210 g/mol. The quantitative estimate of drug-likeness (QED) is 0.763. The van der Waals surface area contributed by atoms with Crippen LogP contribution in [0, 0.1) is 0 Å². The van der Waals surface area contributed by atoms with Gasteiger partial charge in [0.1, 0.15) is 12.2 Å². The van der Waals surface area contributed by atoms with Crippen molar-refractivity contribution in [2.24, 2.45) is 0 Å². The standard InChI is InChI=1S/C9H14N4O2/c1-10-9-12-11-7(5-8(14)15)13(9)6-3-2-4-6/h6H,2-5H2,1H3,(H,10,12)(H,14,15). The summed E-state index contributed by atoms with van der Waals surface area (Å²) >= 11 is 0. The summed E-state index contributed by atoms with van der Waals surface area (Å²) in [6, 6.07) is 0.372. The van der Waals surface area contributed by atoms with Crippen LogP contribution in [0.25, 0.3) is 0 Å². The molecule has 0 atom stereocenters. The lowest BCUT2D eigenvalue weighted by atomic mass is 9.93. The van der Waals surface area contributed by atoms with Gasteiger partial charge in [0.15, 0.2) is 0 Å². The molecule has 1 aromatic heterocycles. The lowest BCUT2D eigenvalue weighted by Crippen LogP contribution is -2.22. The third kappa shape index (κ3) is 1.79. The van der Waals surface area contributed by atoms with Crippen LogP contribution in [-0.2, 0) is 11.2 Å². The fourth-order valence-corrected chi connectivity index (χ4v) is 1.78. The summed E-state index contributed by atoms with van der Waals surface area (Å²) in [6.45, 7) is 0. The average molecular weight is 210 g/mol. The third-order valence-corrected chi connectivity index (χ3v) is 2.74. The van der Waals surface area contributed by atoms with Gasteiger partial charge in [-0.2, -0.15) is 0 Å². The van der Waals surface area contributed by atoms with Gasteiger partial charge in [-0.25, -0.2) is 0 Å². The first-order valence-corrected chi connectivity index (χ1v) is 5.05. The Morgan fingerprint density at radius 2 is 2.33 bits per heavy atom. The molecule has 1 heterocycles. The molecule has 1 saturated carbocycles. The van der Waals surface area contributed by atoms with Crippen LogP contribution < -0.4 is 5.32 Å². The van der Waals surface area contributed by atoms with E-state index in [4.69, 9.17) is 5.11 Å². The van der Waals surface area contributed by atoms with Crippen LogP contribution in [0.1, 0.15) is 31.1 Å². The molecule has 1 aromatic rings. The number of carboxylic acids is 1. The minimum absolute atomic E-state index is 0.0643. The first-order valence-electron chi connectivity index (χ1n) is 5.05. The Balaban J connectivity index is 2.28. The number of anilines is 1. The van der Waals surface area contributed by atoms with E-state index in [-0.39, 0.29) is 6.42 Å². The number of carbonyl (C=O) groups is 1. The highest BCUT2D eigenvalue weighted by Gasteiger charge is 2.26. The van der Waals surface area contributed by atoms with Crippen molar-refractivity contribution < 1.29 is 9.90 Å². The zero-order valence-electron chi connectivity index (χ0n) is 8.60. The Hall–Kier alpha value is -1.59. The second-order valence-electron chi connectivity index (χ2n) is 3.72. The minimum atomic E-state index is -0.870. The molecule has 82 valence electrons. The number of aliphatic carboxylic acids is 1. The Bertz CT molecular complexity index is 370. The second kappa shape index (κ2) is 3.88. The Kier molecular flexibility index (Phi) is 2.57. The van der Waals surface area contributed by atoms with Crippen molar-refractivity contribution in [3.05, 3.63) is 5.82 Å². The molecule has 0 aromatic carbocycles. The Labute approximate surface area is 87.3 Å². The van der Waals surface area contributed by atoms with Gasteiger partial charge in [0.05, 0.1) is 0 Å². The van der Waals surface area contributed by atoms with Crippen molar-refractivity contribution in [1.29, 1.82) is 0 Å². The van der Waals surface area contributed by atoms with Crippen molar-refractivity contribution in [1.82, 2.24) is 14.8 Å². The largest absolute Gasteiger partial charge is 0.481 e. The first-order chi connectivity index (χ1) is 7.22. The van der Waals surface area contributed by atoms with Crippen molar-refractivity contribution >= 4 is 11.9 Å². The molecular weight excluding hydrogens is 196 g/mol. The topological polar surface area (TPSA) is 80.0 Å². The second-order valence-corrected chi connectivity index (χ2v) is 3.72. The molecule has 6 heteroatoms. The van der Waals surface area contributed by atoms with Gasteiger partial charge < -0.3 is 10.4 Å². The van der Waals surface area contributed by atoms with E-state index in [9.17, 15) is 4.79 Å². The van der Waals surface area contributed by atoms with Gasteiger partial charge in [0.25, 0.3) is 0 Å². The summed E-state index contributed by atoms with van der Waals surface area (Å²) in [4.78, 5) is 10.6. The average Bonchev–Trinajstić information content (AvgIpc) is 2.45. The highest BCUT2D eigenvalue weighted by Crippen LogP contribution is 2.34. The summed E-state index contributed by atoms with van der Waals surface area (Å²) in [5.41, 5.74) is 0. The fourth-order valence-electron chi connectivity index (χ4n) is 1.78. The smallest absolute Gasteiger partial charge is 0.311 e. The van der Waals surface area contributed by atoms with Crippen LogP contribution in [0.5, 0.6) is 0 Å². The minimum Gasteiger partial charge on any atom is -0.481 e. The molecule has 0 aliphatic heterocycles. The van der Waals surface area contributed by atoms with Crippen molar-refractivity contribution in [2.45, 2.75) is 31.7 Å². The van der Waals surface area contributed by atoms with Crippen LogP contribution in [0.4, 0.5) is 5.95 Å². The maximum absolute atomic E-state index is 10.6. The van der Waals surface area contributed by atoms with E-state index in [0.29, 0.717) is 17.8 Å². The van der Waals surface area contributed by atoms with Gasteiger partial charge in [0, 0.05) is 13.1 Å². The normalized spacial score (nSPS) is 16.1. The highest BCUT2D eigenvalue weighted by molar-refractivity contribution is 5.69. The molecule has 0 radical (unpaired) electrons. The van der Waals surface area contributed by atoms with Crippen LogP contribution in [0.15, 0.2) is 0 Å². The molecule has 0 spiro atoms. The maximum Gasteiger partial charge on any atom is 0.311 e. The summed E-state index contributed by atoms with van der Waals surface area (Å²) in [5, 5.41) is 19.5. The van der Waals surface area contributed by atoms with Gasteiger partial charge in [-0.15, -0.1) is 10.2 Å². The highest BCUT2D eigenvalue weighted by atomic mass is 16.4. The lowest BCUT2D eigenvalue weighted by molar-refractivity contribution is -0.136. The molecule has 1 fully saturated rings. The fraction of sp³-hybridized carbons (Fsp3) is 0.667. The number of rotatable bonds is 4. The summed E-state index contributed by atoms with van der Waals surface area (Å²) in [5.74, 6) is 0.332. The van der Waals surface area contributed by atoms with Gasteiger partial charge in [-0.3, -0.25) is 9.36 Å². The summed E-state index contributed by atoms with van der Waals surface area (Å²) < 4.78 is 1.91. The summed E-state index contributed by atoms with van der Waals surface area (Å²) in [7, 11) is 1.77. The van der Waals surface area contributed by atoms with Crippen LogP contribution in [-0.4, -0.2) is 32.9 Å². The van der Waals surface area contributed by atoms with Crippen molar-refractivity contribution in [2.75, 3.05) is 12.4 Å². The van der Waals surface area contributed by atoms with E-state index >= 15 is 0 Å². The molecule has 2 rings (SSSR count). The van der Waals surface area contributed by atoms with E-state index in [1.165, 1.54) is 6.42 Å². The zero-order valence-corrected chi connectivity index (χ0v) is 8.60. The van der Waals surface area contributed by atoms with Gasteiger partial charge in [0.2, 0.25) is 5.95 Å². The SMILES string of the molecule is CNc1nnc(CC(=O)O)n1C1CCC1. The van der Waals surface area contributed by atoms with E-state index < -0.39 is 5.97 Å². The number of hydrogen-bond acceptors (Lipinski definition) is 4. The van der Waals surface area contributed by atoms with Gasteiger partial charge >= 0.3 is 5.97 Å². The van der Waals surface area contributed by atoms with Crippen LogP contribution in [0.2, 0.25) is 0 Å². The lowest BCUT2D eigenvalue weighted by Gasteiger charge is -2.28. The first kappa shape index (κ1) is 9.95. The molecular formula is C9H14N4O2. The molecule has 0 amide bonds. The van der Waals surface area contributed by atoms with Crippen LogP contribution >= 0.6 is 0 Å². The molecule has 1 aliphatic rings. The van der Waals surface area contributed by atoms with Gasteiger partial charge in [-0.05, 0) is 19.3 Å². The predicted molar refractivity (Wildman–Crippen MR) is 53.8 cm³/mol. The summed E-state index contributed by atoms with van der Waals surface area (Å²) in [6.07, 6.45) is 3.29. The molecule has 0 unspecified atom stereocenters. The van der Waals surface area contributed by atoms with Crippen molar-refractivity contribution in [3.63, 3.8) is 0 Å². The third-order valence-electron chi connectivity index (χ3n) is 2.74. The number of hydrogen-bond donors (Lipinski definition) is 2. The molecule has 0 saturated heterocycles. The van der Waals surface area contributed by atoms with Crippen LogP contribution in [0.3, 0.4) is 0 Å². The van der Waals surface area contributed by atoms with E-state index in [1.807, 2.05) is 4.57 Å². The molecule has 15 heavy (non-hydrogen) atoms. The van der Waals surface area contributed by atoms with E-state index in [0.717, 1.165) is 12.8 Å². The molecule has 6 nitrogen and oxygen atoms in total. The molecule has 1 aliphatic carbocycles. The molecule has 2 N–H and O–H groups in total. The number of nitrogens with zero attached hydrogens (tertiary/aromatic N) is 3. The van der Waals surface area contributed by atoms with E-state index in [2.05, 4.69) is 15.5 Å². The number of nitrogens with one attached hydrogen (secondary N) is 1. The Morgan fingerprint density at radius 3 is 2.80 bits per heavy atom. The van der Waals surface area contributed by atoms with Gasteiger partial charge in [-0.1, -0.05) is 0 Å². The Morgan fingerprint density at radius 1 is 1.60 bits per heavy atom. The zero-order chi connectivity index (χ0) is 10.8. The van der Waals surface area contributed by atoms with Crippen molar-refractivity contribution in [3.8, 4) is 0 Å². The molecule has 0 bridgehead atoms. The maximum atomic E-state index is 10.6. The number of aromatic nitrogens is 3.